The van der Waals surface area contributed by atoms with Crippen LogP contribution in [0.25, 0.3) is 10.9 Å². The molecule has 2 atom stereocenters. The van der Waals surface area contributed by atoms with E-state index in [2.05, 4.69) is 25.9 Å². The van der Waals surface area contributed by atoms with Crippen LogP contribution in [0, 0.1) is 0 Å². The summed E-state index contributed by atoms with van der Waals surface area (Å²) in [4.78, 5) is 52.2. The lowest BCUT2D eigenvalue weighted by Crippen LogP contribution is -2.59. The number of benzene rings is 2. The van der Waals surface area contributed by atoms with Crippen molar-refractivity contribution in [3.8, 4) is 0 Å². The third-order valence-electron chi connectivity index (χ3n) is 8.63. The first kappa shape index (κ1) is 35.7. The molecule has 0 fully saturated rings. The molecule has 10 nitrogen and oxygen atoms in total. The molecular weight excluding hydrogens is 669 g/mol. The van der Waals surface area contributed by atoms with Gasteiger partial charge in [0.05, 0.1) is 10.6 Å². The number of amides is 3. The molecule has 0 spiro atoms. The van der Waals surface area contributed by atoms with Crippen LogP contribution in [0.3, 0.4) is 0 Å². The number of fused-ring (bicyclic) bond motifs is 3. The monoisotopic (exact) mass is 709 g/mol. The second kappa shape index (κ2) is 15.7. The molecule has 0 saturated heterocycles. The minimum absolute atomic E-state index is 0.109. The molecule has 254 valence electrons. The molecule has 0 bridgehead atoms. The van der Waals surface area contributed by atoms with Crippen molar-refractivity contribution in [2.24, 2.45) is 5.73 Å². The van der Waals surface area contributed by atoms with Crippen LogP contribution in [-0.4, -0.2) is 63.8 Å². The maximum atomic E-state index is 14.3. The number of pyridine rings is 1. The summed E-state index contributed by atoms with van der Waals surface area (Å²) in [5.74, 6) is -1.07. The number of carbonyl (C=O) groups is 3. The maximum absolute atomic E-state index is 14.3. The fourth-order valence-corrected chi connectivity index (χ4v) is 7.35. The number of likely N-dealkylation sites (N-methyl/N-ethyl adjacent to an activating group) is 1. The number of nitrogens with one attached hydrogen (secondary N) is 4. The number of aromatic nitrogens is 2. The van der Waals surface area contributed by atoms with Crippen LogP contribution in [0.5, 0.6) is 0 Å². The highest BCUT2D eigenvalue weighted by Gasteiger charge is 2.36. The van der Waals surface area contributed by atoms with Gasteiger partial charge in [-0.2, -0.15) is 0 Å². The summed E-state index contributed by atoms with van der Waals surface area (Å²) in [7, 11) is 1.61. The molecule has 6 N–H and O–H groups in total. The van der Waals surface area contributed by atoms with E-state index in [1.165, 1.54) is 16.7 Å². The molecule has 4 aromatic rings. The maximum Gasteiger partial charge on any atom is 0.245 e. The molecule has 3 heterocycles. The van der Waals surface area contributed by atoms with Crippen LogP contribution in [0.1, 0.15) is 49.8 Å². The van der Waals surface area contributed by atoms with Crippen molar-refractivity contribution in [3.05, 3.63) is 87.7 Å². The summed E-state index contributed by atoms with van der Waals surface area (Å²) in [5.41, 5.74) is 8.08. The van der Waals surface area contributed by atoms with E-state index < -0.39 is 17.6 Å². The molecule has 2 aromatic carbocycles. The number of aromatic amines is 1. The van der Waals surface area contributed by atoms with Gasteiger partial charge in [-0.25, -0.2) is 4.98 Å². The zero-order chi connectivity index (χ0) is 34.4. The summed E-state index contributed by atoms with van der Waals surface area (Å²) in [6.45, 7) is 4.44. The number of hydrogen-bond acceptors (Lipinski definition) is 7. The number of carbonyl (C=O) groups excluding carboxylic acids is 3. The first-order valence-corrected chi connectivity index (χ1v) is 17.5. The highest BCUT2D eigenvalue weighted by atomic mass is 35.5. The normalized spacial score (nSPS) is 19.3. The average molecular weight is 711 g/mol. The van der Waals surface area contributed by atoms with Crippen molar-refractivity contribution in [3.63, 3.8) is 0 Å². The van der Waals surface area contributed by atoms with E-state index in [0.717, 1.165) is 22.0 Å². The first-order valence-electron chi connectivity index (χ1n) is 15.9. The highest BCUT2D eigenvalue weighted by Crippen LogP contribution is 2.38. The Morgan fingerprint density at radius 2 is 1.83 bits per heavy atom. The van der Waals surface area contributed by atoms with E-state index in [1.54, 1.807) is 39.2 Å². The average Bonchev–Trinajstić information content (AvgIpc) is 3.48. The quantitative estimate of drug-likeness (QED) is 0.173. The summed E-state index contributed by atoms with van der Waals surface area (Å²) < 4.78 is 0. The standard InChI is InChI=1S/C35H41Cl2N7O3S/c1-35(2)34(47)43-28(12-6-7-13-38)33(46)44(3)29(16-22-18-40-27-11-5-4-10-25(22)27)31(45)41-19-23-15-24(36)17-26(37)30(23)48-32-21(20-42-35)9-8-14-39-32/h4-5,8-11,14-15,17-18,28-29,40,42H,6-7,12-13,16,19-20,38H2,1-3H3,(H,41,45)(H,43,47)/t28-,29?/m0/s1. The number of para-hydroxylation sites is 1. The number of hydrogen-bond donors (Lipinski definition) is 5. The van der Waals surface area contributed by atoms with Gasteiger partial charge in [0.15, 0.2) is 0 Å². The van der Waals surface area contributed by atoms with Crippen LogP contribution in [0.15, 0.2) is 70.8 Å². The van der Waals surface area contributed by atoms with E-state index in [0.29, 0.717) is 57.9 Å². The minimum Gasteiger partial charge on any atom is -0.361 e. The smallest absolute Gasteiger partial charge is 0.245 e. The van der Waals surface area contributed by atoms with Gasteiger partial charge in [-0.15, -0.1) is 0 Å². The summed E-state index contributed by atoms with van der Waals surface area (Å²) in [6, 6.07) is 13.2. The Bertz CT molecular complexity index is 1800. The zero-order valence-corrected chi connectivity index (χ0v) is 29.6. The van der Waals surface area contributed by atoms with Gasteiger partial charge in [-0.05, 0) is 80.6 Å². The van der Waals surface area contributed by atoms with Crippen LogP contribution in [-0.2, 0) is 33.9 Å². The summed E-state index contributed by atoms with van der Waals surface area (Å²) >= 11 is 14.6. The van der Waals surface area contributed by atoms with Crippen molar-refractivity contribution in [2.75, 3.05) is 13.6 Å². The van der Waals surface area contributed by atoms with Crippen LogP contribution in [0.4, 0.5) is 0 Å². The molecule has 5 rings (SSSR count). The van der Waals surface area contributed by atoms with Gasteiger partial charge < -0.3 is 26.3 Å². The molecule has 3 amide bonds. The number of unbranched alkanes of at least 4 members (excludes halogenated alkanes) is 1. The molecule has 1 aliphatic rings. The Morgan fingerprint density at radius 3 is 2.62 bits per heavy atom. The van der Waals surface area contributed by atoms with Crippen molar-refractivity contribution in [1.82, 2.24) is 30.8 Å². The van der Waals surface area contributed by atoms with E-state index in [4.69, 9.17) is 28.9 Å². The van der Waals surface area contributed by atoms with Gasteiger partial charge >= 0.3 is 0 Å². The molecule has 1 unspecified atom stereocenters. The zero-order valence-electron chi connectivity index (χ0n) is 27.2. The van der Waals surface area contributed by atoms with Crippen LogP contribution < -0.4 is 21.7 Å². The molecule has 2 aromatic heterocycles. The van der Waals surface area contributed by atoms with Gasteiger partial charge in [0.25, 0.3) is 0 Å². The highest BCUT2D eigenvalue weighted by molar-refractivity contribution is 7.99. The molecule has 0 aliphatic carbocycles. The Morgan fingerprint density at radius 1 is 1.04 bits per heavy atom. The number of rotatable bonds is 6. The number of nitrogens with two attached hydrogens (primary N) is 1. The van der Waals surface area contributed by atoms with Crippen molar-refractivity contribution in [1.29, 1.82) is 0 Å². The molecule has 13 heteroatoms. The van der Waals surface area contributed by atoms with E-state index in [-0.39, 0.29) is 30.7 Å². The molecule has 48 heavy (non-hydrogen) atoms. The van der Waals surface area contributed by atoms with Gasteiger partial charge in [0.2, 0.25) is 17.7 Å². The molecule has 1 aliphatic heterocycles. The lowest BCUT2D eigenvalue weighted by atomic mass is 9.99. The summed E-state index contributed by atoms with van der Waals surface area (Å²) in [5, 5.41) is 11.9. The van der Waals surface area contributed by atoms with E-state index in [1.807, 2.05) is 42.6 Å². The predicted octanol–water partition coefficient (Wildman–Crippen LogP) is 5.20. The Labute approximate surface area is 294 Å². The summed E-state index contributed by atoms with van der Waals surface area (Å²) in [6.07, 6.45) is 5.49. The van der Waals surface area contributed by atoms with E-state index in [9.17, 15) is 14.4 Å². The van der Waals surface area contributed by atoms with Gasteiger partial charge in [-0.1, -0.05) is 59.2 Å². The Balaban J connectivity index is 1.57. The van der Waals surface area contributed by atoms with Crippen molar-refractivity contribution < 1.29 is 14.4 Å². The van der Waals surface area contributed by atoms with Crippen LogP contribution in [0.2, 0.25) is 10.0 Å². The minimum atomic E-state index is -1.05. The number of halogens is 2. The Hall–Kier alpha value is -3.61. The number of nitrogens with zero attached hydrogens (tertiary/aromatic N) is 2. The lowest BCUT2D eigenvalue weighted by Gasteiger charge is -2.33. The fourth-order valence-electron chi connectivity index (χ4n) is 5.71. The third kappa shape index (κ3) is 8.33. The SMILES string of the molecule is CN1C(=O)[C@H](CCCCN)NC(=O)C(C)(C)NCc2cccnc2Sc2c(Cl)cc(Cl)cc2CNC(=O)C1Cc1c[nH]c2ccccc12. The Kier molecular flexibility index (Phi) is 11.7. The van der Waals surface area contributed by atoms with Gasteiger partial charge in [-0.3, -0.25) is 19.7 Å². The van der Waals surface area contributed by atoms with Crippen molar-refractivity contribution in [2.45, 2.75) is 80.2 Å². The predicted molar refractivity (Wildman–Crippen MR) is 191 cm³/mol. The second-order valence-corrected chi connectivity index (χ2v) is 14.3. The topological polar surface area (TPSA) is 145 Å². The fraction of sp³-hybridized carbons (Fsp3) is 0.371. The lowest BCUT2D eigenvalue weighted by molar-refractivity contribution is -0.142. The van der Waals surface area contributed by atoms with Gasteiger partial charge in [0, 0.05) is 59.8 Å². The van der Waals surface area contributed by atoms with Crippen LogP contribution >= 0.6 is 35.0 Å². The van der Waals surface area contributed by atoms with E-state index >= 15 is 0 Å². The van der Waals surface area contributed by atoms with Crippen molar-refractivity contribution >= 4 is 63.6 Å². The molecular formula is C35H41Cl2N7O3S. The van der Waals surface area contributed by atoms with Gasteiger partial charge in [0.1, 0.15) is 17.1 Å². The number of H-pyrrole nitrogens is 1. The molecule has 0 saturated carbocycles. The first-order chi connectivity index (χ1) is 23.0. The largest absolute Gasteiger partial charge is 0.361 e. The third-order valence-corrected chi connectivity index (χ3v) is 10.5. The molecule has 0 radical (unpaired) electrons. The second-order valence-electron chi connectivity index (χ2n) is 12.5.